The zero-order valence-electron chi connectivity index (χ0n) is 5.94. The van der Waals surface area contributed by atoms with Crippen molar-refractivity contribution in [3.63, 3.8) is 0 Å². The van der Waals surface area contributed by atoms with Gasteiger partial charge in [0.25, 0.3) is 0 Å². The Morgan fingerprint density at radius 3 is 2.11 bits per heavy atom. The van der Waals surface area contributed by atoms with Crippen molar-refractivity contribution in [2.24, 2.45) is 0 Å². The smallest absolute Gasteiger partial charge is 0.155 e. The van der Waals surface area contributed by atoms with E-state index in [-0.39, 0.29) is 11.2 Å². The van der Waals surface area contributed by atoms with Crippen LogP contribution in [0.2, 0.25) is 0 Å². The normalized spacial score (nSPS) is 15.3. The molecule has 0 amide bonds. The Bertz CT molecular complexity index is 136. The van der Waals surface area contributed by atoms with Gasteiger partial charge in [0.2, 0.25) is 0 Å². The molecule has 1 atom stereocenters. The van der Waals surface area contributed by atoms with Gasteiger partial charge in [-0.05, 0) is 26.3 Å². The van der Waals surface area contributed by atoms with Gasteiger partial charge < -0.3 is 0 Å². The third-order valence-corrected chi connectivity index (χ3v) is 1.16. The maximum Gasteiger partial charge on any atom is 0.155 e. The number of carbonyl (C=O) groups is 1. The zero-order valence-corrected chi connectivity index (χ0v) is 6.70. The Balaban J connectivity index is 4.00. The van der Waals surface area contributed by atoms with Gasteiger partial charge in [-0.15, -0.1) is 11.6 Å². The summed E-state index contributed by atoms with van der Waals surface area (Å²) in [4.78, 5) is 10.6. The van der Waals surface area contributed by atoms with Crippen molar-refractivity contribution in [1.82, 2.24) is 0 Å². The first-order valence-corrected chi connectivity index (χ1v) is 3.31. The van der Waals surface area contributed by atoms with E-state index in [1.165, 1.54) is 6.92 Å². The lowest BCUT2D eigenvalue weighted by molar-refractivity contribution is -0.113. The molecule has 0 aliphatic heterocycles. The Morgan fingerprint density at radius 1 is 1.56 bits per heavy atom. The average molecular weight is 147 g/mol. The van der Waals surface area contributed by atoms with Gasteiger partial charge in [0, 0.05) is 5.38 Å². The van der Waals surface area contributed by atoms with Gasteiger partial charge in [0.05, 0.1) is 0 Å². The molecule has 0 saturated heterocycles. The summed E-state index contributed by atoms with van der Waals surface area (Å²) in [6.07, 6.45) is 1.74. The lowest BCUT2D eigenvalue weighted by Crippen LogP contribution is -1.94. The van der Waals surface area contributed by atoms with E-state index in [4.69, 9.17) is 11.6 Å². The first-order valence-electron chi connectivity index (χ1n) is 2.87. The van der Waals surface area contributed by atoms with Crippen molar-refractivity contribution in [3.8, 4) is 0 Å². The minimum absolute atomic E-state index is 0.0473. The number of carbonyl (C=O) groups excluding carboxylic acids is 1. The molecule has 0 aromatic rings. The van der Waals surface area contributed by atoms with E-state index in [0.717, 1.165) is 5.57 Å². The third-order valence-electron chi connectivity index (χ3n) is 1.03. The number of Topliss-reactive ketones (excluding diaryl/α,β-unsaturated/α-hetero) is 1. The topological polar surface area (TPSA) is 17.1 Å². The number of halogens is 1. The van der Waals surface area contributed by atoms with E-state index >= 15 is 0 Å². The van der Waals surface area contributed by atoms with Crippen LogP contribution >= 0.6 is 11.6 Å². The minimum Gasteiger partial charge on any atom is -0.295 e. The van der Waals surface area contributed by atoms with Gasteiger partial charge in [0.15, 0.2) is 5.78 Å². The summed E-state index contributed by atoms with van der Waals surface area (Å²) in [5.74, 6) is 0.0856. The second-order valence-corrected chi connectivity index (χ2v) is 2.77. The van der Waals surface area contributed by atoms with Crippen LogP contribution in [-0.4, -0.2) is 11.2 Å². The molecule has 0 fully saturated rings. The quantitative estimate of drug-likeness (QED) is 0.431. The lowest BCUT2D eigenvalue weighted by Gasteiger charge is -1.94. The molecule has 1 unspecified atom stereocenters. The number of hydrogen-bond donors (Lipinski definition) is 0. The number of alkyl halides is 1. The highest BCUT2D eigenvalue weighted by Crippen LogP contribution is 2.01. The molecule has 0 saturated carbocycles. The highest BCUT2D eigenvalue weighted by molar-refractivity contribution is 6.21. The zero-order chi connectivity index (χ0) is 7.44. The van der Waals surface area contributed by atoms with Crippen LogP contribution in [0.5, 0.6) is 0 Å². The summed E-state index contributed by atoms with van der Waals surface area (Å²) in [6.45, 7) is 5.13. The molecule has 0 heterocycles. The summed E-state index contributed by atoms with van der Waals surface area (Å²) in [5, 5.41) is -0.0473. The van der Waals surface area contributed by atoms with Crippen molar-refractivity contribution in [2.75, 3.05) is 0 Å². The number of rotatable bonds is 2. The van der Waals surface area contributed by atoms with Crippen molar-refractivity contribution in [1.29, 1.82) is 0 Å². The van der Waals surface area contributed by atoms with E-state index in [2.05, 4.69) is 0 Å². The molecule has 0 bridgehead atoms. The largest absolute Gasteiger partial charge is 0.295 e. The standard InChI is InChI=1S/C7H11ClO/c1-5(7(3)9)4-6(2)8/h4,6H,1-3H3. The van der Waals surface area contributed by atoms with Crippen LogP contribution in [0.3, 0.4) is 0 Å². The number of allylic oxidation sites excluding steroid dienone is 2. The molecule has 52 valence electrons. The first-order chi connectivity index (χ1) is 4.04. The van der Waals surface area contributed by atoms with Gasteiger partial charge in [0.1, 0.15) is 0 Å². The molecule has 0 aliphatic rings. The van der Waals surface area contributed by atoms with E-state index in [9.17, 15) is 4.79 Å². The van der Waals surface area contributed by atoms with Gasteiger partial charge in [-0.1, -0.05) is 6.08 Å². The molecule has 1 nitrogen and oxygen atoms in total. The van der Waals surface area contributed by atoms with Crippen molar-refractivity contribution in [3.05, 3.63) is 11.6 Å². The maximum absolute atomic E-state index is 10.6. The molecule has 2 heteroatoms. The third kappa shape index (κ3) is 4.22. The summed E-state index contributed by atoms with van der Waals surface area (Å²) in [5.41, 5.74) is 0.734. The molecule has 0 aromatic carbocycles. The van der Waals surface area contributed by atoms with Crippen LogP contribution in [0, 0.1) is 0 Å². The lowest BCUT2D eigenvalue weighted by atomic mass is 10.2. The van der Waals surface area contributed by atoms with Gasteiger partial charge in [-0.2, -0.15) is 0 Å². The van der Waals surface area contributed by atoms with Crippen LogP contribution in [0.25, 0.3) is 0 Å². The van der Waals surface area contributed by atoms with Crippen molar-refractivity contribution in [2.45, 2.75) is 26.1 Å². The highest BCUT2D eigenvalue weighted by Gasteiger charge is 1.96. The van der Waals surface area contributed by atoms with Gasteiger partial charge >= 0.3 is 0 Å². The molecule has 0 aromatic heterocycles. The second kappa shape index (κ2) is 3.67. The van der Waals surface area contributed by atoms with Crippen molar-refractivity contribution < 1.29 is 4.79 Å². The summed E-state index contributed by atoms with van der Waals surface area (Å²) in [7, 11) is 0. The number of ketones is 1. The molecule has 0 N–H and O–H groups in total. The SMILES string of the molecule is CC(=O)C(C)=CC(C)Cl. The van der Waals surface area contributed by atoms with Crippen LogP contribution in [0.1, 0.15) is 20.8 Å². The highest BCUT2D eigenvalue weighted by atomic mass is 35.5. The van der Waals surface area contributed by atoms with Crippen molar-refractivity contribution >= 4 is 17.4 Å². The van der Waals surface area contributed by atoms with Crippen LogP contribution in [0.15, 0.2) is 11.6 Å². The molecular formula is C7H11ClO. The van der Waals surface area contributed by atoms with Gasteiger partial charge in [-0.3, -0.25) is 4.79 Å². The average Bonchev–Trinajstić information content (AvgIpc) is 1.63. The predicted molar refractivity (Wildman–Crippen MR) is 39.8 cm³/mol. The summed E-state index contributed by atoms with van der Waals surface area (Å²) >= 11 is 5.59. The fraction of sp³-hybridized carbons (Fsp3) is 0.571. The summed E-state index contributed by atoms with van der Waals surface area (Å²) in [6, 6.07) is 0. The fourth-order valence-corrected chi connectivity index (χ4v) is 0.651. The molecule has 9 heavy (non-hydrogen) atoms. The monoisotopic (exact) mass is 146 g/mol. The Hall–Kier alpha value is -0.300. The fourth-order valence-electron chi connectivity index (χ4n) is 0.462. The first kappa shape index (κ1) is 8.70. The van der Waals surface area contributed by atoms with Gasteiger partial charge in [-0.25, -0.2) is 0 Å². The van der Waals surface area contributed by atoms with Crippen LogP contribution in [0.4, 0.5) is 0 Å². The predicted octanol–water partition coefficient (Wildman–Crippen LogP) is 2.15. The minimum atomic E-state index is -0.0473. The summed E-state index contributed by atoms with van der Waals surface area (Å²) < 4.78 is 0. The number of hydrogen-bond acceptors (Lipinski definition) is 1. The van der Waals surface area contributed by atoms with E-state index < -0.39 is 0 Å². The van der Waals surface area contributed by atoms with E-state index in [1.807, 2.05) is 6.92 Å². The molecule has 0 radical (unpaired) electrons. The van der Waals surface area contributed by atoms with Crippen LogP contribution < -0.4 is 0 Å². The Kier molecular flexibility index (Phi) is 3.55. The maximum atomic E-state index is 10.6. The Labute approximate surface area is 60.7 Å². The Morgan fingerprint density at radius 2 is 2.00 bits per heavy atom. The molecular weight excluding hydrogens is 136 g/mol. The van der Waals surface area contributed by atoms with E-state index in [0.29, 0.717) is 0 Å². The van der Waals surface area contributed by atoms with Crippen LogP contribution in [-0.2, 0) is 4.79 Å². The molecule has 0 rings (SSSR count). The van der Waals surface area contributed by atoms with E-state index in [1.54, 1.807) is 13.0 Å². The second-order valence-electron chi connectivity index (χ2n) is 2.08. The molecule has 0 spiro atoms. The molecule has 0 aliphatic carbocycles.